The van der Waals surface area contributed by atoms with Crippen LogP contribution in [0.1, 0.15) is 30.0 Å². The molecule has 1 unspecified atom stereocenters. The maximum Gasteiger partial charge on any atom is 0.266 e. The van der Waals surface area contributed by atoms with Crippen molar-refractivity contribution < 1.29 is 9.53 Å². The molecule has 0 saturated heterocycles. The average molecular weight is 340 g/mol. The van der Waals surface area contributed by atoms with E-state index in [2.05, 4.69) is 15.5 Å². The molecule has 7 heteroatoms. The monoisotopic (exact) mass is 339 g/mol. The van der Waals surface area contributed by atoms with E-state index in [1.165, 1.54) is 11.3 Å². The summed E-state index contributed by atoms with van der Waals surface area (Å²) in [6, 6.07) is 3.64. The lowest BCUT2D eigenvalue weighted by Gasteiger charge is -2.15. The molecular weight excluding hydrogens is 322 g/mol. The Bertz CT molecular complexity index is 664. The van der Waals surface area contributed by atoms with Gasteiger partial charge in [0.2, 0.25) is 5.13 Å². The van der Waals surface area contributed by atoms with E-state index in [0.717, 1.165) is 22.6 Å². The van der Waals surface area contributed by atoms with Crippen molar-refractivity contribution in [3.63, 3.8) is 0 Å². The number of anilines is 1. The van der Waals surface area contributed by atoms with Crippen LogP contribution in [0.25, 0.3) is 0 Å². The zero-order chi connectivity index (χ0) is 16.3. The number of rotatable bonds is 5. The standard InChI is InChI=1S/C15H18ClN3O2S/c1-5-12-18-19-15(22-12)17-14(20)10(4)21-11-6-8(2)13(16)9(3)7-11/h6-7,10H,5H2,1-4H3,(H,17,19,20). The number of halogens is 1. The highest BCUT2D eigenvalue weighted by atomic mass is 35.5. The number of carbonyl (C=O) groups excluding carboxylic acids is 1. The number of carbonyl (C=O) groups is 1. The molecule has 0 aliphatic carbocycles. The van der Waals surface area contributed by atoms with Gasteiger partial charge in [0, 0.05) is 5.02 Å². The quantitative estimate of drug-likeness (QED) is 0.900. The van der Waals surface area contributed by atoms with Gasteiger partial charge in [-0.1, -0.05) is 29.9 Å². The van der Waals surface area contributed by atoms with Crippen molar-refractivity contribution in [3.05, 3.63) is 33.3 Å². The zero-order valence-electron chi connectivity index (χ0n) is 12.9. The van der Waals surface area contributed by atoms with Gasteiger partial charge in [-0.15, -0.1) is 10.2 Å². The maximum absolute atomic E-state index is 12.1. The molecule has 1 amide bonds. The van der Waals surface area contributed by atoms with Crippen LogP contribution >= 0.6 is 22.9 Å². The molecule has 0 fully saturated rings. The fourth-order valence-electron chi connectivity index (χ4n) is 1.89. The molecule has 1 heterocycles. The first-order valence-corrected chi connectivity index (χ1v) is 8.16. The van der Waals surface area contributed by atoms with E-state index in [1.807, 2.05) is 32.9 Å². The van der Waals surface area contributed by atoms with Crippen molar-refractivity contribution in [2.75, 3.05) is 5.32 Å². The summed E-state index contributed by atoms with van der Waals surface area (Å²) in [5, 5.41) is 12.7. The lowest BCUT2D eigenvalue weighted by atomic mass is 10.1. The van der Waals surface area contributed by atoms with Gasteiger partial charge in [-0.3, -0.25) is 10.1 Å². The minimum absolute atomic E-state index is 0.260. The first-order chi connectivity index (χ1) is 10.4. The highest BCUT2D eigenvalue weighted by Crippen LogP contribution is 2.26. The molecule has 1 aromatic heterocycles. The summed E-state index contributed by atoms with van der Waals surface area (Å²) in [5.74, 6) is 0.359. The summed E-state index contributed by atoms with van der Waals surface area (Å²) in [6.45, 7) is 7.49. The Balaban J connectivity index is 2.02. The summed E-state index contributed by atoms with van der Waals surface area (Å²) in [6.07, 6.45) is 0.150. The van der Waals surface area contributed by atoms with Crippen molar-refractivity contribution in [1.82, 2.24) is 10.2 Å². The van der Waals surface area contributed by atoms with Gasteiger partial charge in [-0.2, -0.15) is 0 Å². The number of nitrogens with one attached hydrogen (secondary N) is 1. The van der Waals surface area contributed by atoms with Gasteiger partial charge in [-0.05, 0) is 50.5 Å². The summed E-state index contributed by atoms with van der Waals surface area (Å²) in [4.78, 5) is 12.1. The minimum Gasteiger partial charge on any atom is -0.481 e. The van der Waals surface area contributed by atoms with E-state index in [0.29, 0.717) is 15.9 Å². The largest absolute Gasteiger partial charge is 0.481 e. The third-order valence-corrected chi connectivity index (χ3v) is 4.67. The Labute approximate surface area is 138 Å². The second kappa shape index (κ2) is 7.07. The Kier molecular flexibility index (Phi) is 5.37. The molecular formula is C15H18ClN3O2S. The average Bonchev–Trinajstić information content (AvgIpc) is 2.92. The predicted octanol–water partition coefficient (Wildman–Crippen LogP) is 3.78. The van der Waals surface area contributed by atoms with Crippen molar-refractivity contribution in [2.24, 2.45) is 0 Å². The Morgan fingerprint density at radius 1 is 1.36 bits per heavy atom. The minimum atomic E-state index is -0.644. The molecule has 0 radical (unpaired) electrons. The van der Waals surface area contributed by atoms with Crippen LogP contribution in [-0.2, 0) is 11.2 Å². The Morgan fingerprint density at radius 3 is 2.55 bits per heavy atom. The number of ether oxygens (including phenoxy) is 1. The molecule has 22 heavy (non-hydrogen) atoms. The van der Waals surface area contributed by atoms with Crippen LogP contribution in [0.5, 0.6) is 5.75 Å². The number of benzene rings is 1. The molecule has 1 atom stereocenters. The summed E-state index contributed by atoms with van der Waals surface area (Å²) >= 11 is 7.49. The van der Waals surface area contributed by atoms with E-state index in [1.54, 1.807) is 6.92 Å². The molecule has 0 aliphatic heterocycles. The van der Waals surface area contributed by atoms with Crippen LogP contribution in [-0.4, -0.2) is 22.2 Å². The second-order valence-corrected chi connectivity index (χ2v) is 6.41. The Hall–Kier alpha value is -1.66. The van der Waals surface area contributed by atoms with Gasteiger partial charge in [0.1, 0.15) is 10.8 Å². The number of aryl methyl sites for hydroxylation is 3. The van der Waals surface area contributed by atoms with Crippen LogP contribution in [0.15, 0.2) is 12.1 Å². The van der Waals surface area contributed by atoms with Crippen molar-refractivity contribution in [1.29, 1.82) is 0 Å². The predicted molar refractivity (Wildman–Crippen MR) is 88.9 cm³/mol. The fourth-order valence-corrected chi connectivity index (χ4v) is 2.68. The SMILES string of the molecule is CCc1nnc(NC(=O)C(C)Oc2cc(C)c(Cl)c(C)c2)s1. The van der Waals surface area contributed by atoms with Crippen molar-refractivity contribution in [3.8, 4) is 5.75 Å². The third kappa shape index (κ3) is 3.96. The lowest BCUT2D eigenvalue weighted by Crippen LogP contribution is -2.30. The van der Waals surface area contributed by atoms with Crippen molar-refractivity contribution in [2.45, 2.75) is 40.2 Å². The first-order valence-electron chi connectivity index (χ1n) is 6.97. The molecule has 2 aromatic rings. The molecule has 0 aliphatic rings. The van der Waals surface area contributed by atoms with Gasteiger partial charge in [0.15, 0.2) is 6.10 Å². The highest BCUT2D eigenvalue weighted by molar-refractivity contribution is 7.15. The molecule has 0 saturated carbocycles. The number of amides is 1. The van der Waals surface area contributed by atoms with E-state index < -0.39 is 6.10 Å². The number of hydrogen-bond donors (Lipinski definition) is 1. The summed E-state index contributed by atoms with van der Waals surface area (Å²) < 4.78 is 5.68. The van der Waals surface area contributed by atoms with Crippen LogP contribution in [0, 0.1) is 13.8 Å². The molecule has 1 N–H and O–H groups in total. The first kappa shape index (κ1) is 16.7. The number of hydrogen-bond acceptors (Lipinski definition) is 5. The summed E-state index contributed by atoms with van der Waals surface area (Å²) in [5.41, 5.74) is 1.84. The number of nitrogens with zero attached hydrogens (tertiary/aromatic N) is 2. The third-order valence-electron chi connectivity index (χ3n) is 3.09. The van der Waals surface area contributed by atoms with Crippen LogP contribution in [0.3, 0.4) is 0 Å². The topological polar surface area (TPSA) is 64.1 Å². The van der Waals surface area contributed by atoms with E-state index in [9.17, 15) is 4.79 Å². The van der Waals surface area contributed by atoms with Gasteiger partial charge < -0.3 is 4.74 Å². The molecule has 2 rings (SSSR count). The maximum atomic E-state index is 12.1. The van der Waals surface area contributed by atoms with E-state index in [4.69, 9.17) is 16.3 Å². The van der Waals surface area contributed by atoms with E-state index in [-0.39, 0.29) is 5.91 Å². The molecule has 118 valence electrons. The van der Waals surface area contributed by atoms with Gasteiger partial charge >= 0.3 is 0 Å². The fraction of sp³-hybridized carbons (Fsp3) is 0.400. The zero-order valence-corrected chi connectivity index (χ0v) is 14.5. The smallest absolute Gasteiger partial charge is 0.266 e. The molecule has 0 spiro atoms. The van der Waals surface area contributed by atoms with E-state index >= 15 is 0 Å². The molecule has 5 nitrogen and oxygen atoms in total. The lowest BCUT2D eigenvalue weighted by molar-refractivity contribution is -0.122. The molecule has 1 aromatic carbocycles. The normalized spacial score (nSPS) is 12.0. The highest BCUT2D eigenvalue weighted by Gasteiger charge is 2.17. The van der Waals surface area contributed by atoms with Crippen LogP contribution < -0.4 is 10.1 Å². The Morgan fingerprint density at radius 2 is 2.00 bits per heavy atom. The van der Waals surface area contributed by atoms with Crippen molar-refractivity contribution >= 4 is 34.0 Å². The van der Waals surface area contributed by atoms with Gasteiger partial charge in [0.05, 0.1) is 0 Å². The molecule has 0 bridgehead atoms. The summed E-state index contributed by atoms with van der Waals surface area (Å²) in [7, 11) is 0. The van der Waals surface area contributed by atoms with Crippen LogP contribution in [0.2, 0.25) is 5.02 Å². The number of aromatic nitrogens is 2. The second-order valence-electron chi connectivity index (χ2n) is 4.97. The van der Waals surface area contributed by atoms with Crippen LogP contribution in [0.4, 0.5) is 5.13 Å². The van der Waals surface area contributed by atoms with Gasteiger partial charge in [-0.25, -0.2) is 0 Å². The van der Waals surface area contributed by atoms with Gasteiger partial charge in [0.25, 0.3) is 5.91 Å².